The van der Waals surface area contributed by atoms with Crippen molar-refractivity contribution in [3.8, 4) is 10.6 Å². The first kappa shape index (κ1) is 15.6. The molecule has 0 bridgehead atoms. The van der Waals surface area contributed by atoms with Crippen LogP contribution in [0.5, 0.6) is 0 Å². The Balaban J connectivity index is 1.37. The fraction of sp³-hybridized carbons (Fsp3) is 0.444. The number of thiophene rings is 1. The number of hydrogen-bond acceptors (Lipinski definition) is 5. The van der Waals surface area contributed by atoms with Gasteiger partial charge in [-0.3, -0.25) is 4.90 Å². The number of piperidine rings is 1. The molecule has 1 fully saturated rings. The highest BCUT2D eigenvalue weighted by Crippen LogP contribution is 2.26. The standard InChI is InChI=1S/C18H22N4OS/c1-21-8-6-19-17(21)10-14-4-2-7-22(12-14)13-18-20-11-15(23-18)16-5-3-9-24-16/h3,5-6,8-9,11,14H,2,4,7,10,12-13H2,1H3/t14-/m0/s1. The van der Waals surface area contributed by atoms with Crippen molar-refractivity contribution >= 4 is 11.3 Å². The monoisotopic (exact) mass is 342 g/mol. The first-order valence-corrected chi connectivity index (χ1v) is 9.33. The minimum atomic E-state index is 0.659. The lowest BCUT2D eigenvalue weighted by atomic mass is 9.94. The second kappa shape index (κ2) is 6.91. The summed E-state index contributed by atoms with van der Waals surface area (Å²) in [7, 11) is 2.07. The molecule has 126 valence electrons. The van der Waals surface area contributed by atoms with Gasteiger partial charge >= 0.3 is 0 Å². The summed E-state index contributed by atoms with van der Waals surface area (Å²) < 4.78 is 8.06. The number of aromatic nitrogens is 3. The molecular weight excluding hydrogens is 320 g/mol. The summed E-state index contributed by atoms with van der Waals surface area (Å²) in [5.74, 6) is 3.53. The van der Waals surface area contributed by atoms with Gasteiger partial charge in [0.2, 0.25) is 5.89 Å². The van der Waals surface area contributed by atoms with Gasteiger partial charge in [0.25, 0.3) is 0 Å². The minimum Gasteiger partial charge on any atom is -0.438 e. The maximum Gasteiger partial charge on any atom is 0.209 e. The Morgan fingerprint density at radius 3 is 3.12 bits per heavy atom. The van der Waals surface area contributed by atoms with Crippen LogP contribution in [0, 0.1) is 5.92 Å². The van der Waals surface area contributed by atoms with Crippen LogP contribution < -0.4 is 0 Å². The summed E-state index contributed by atoms with van der Waals surface area (Å²) in [6, 6.07) is 4.10. The highest BCUT2D eigenvalue weighted by molar-refractivity contribution is 7.13. The van der Waals surface area contributed by atoms with Crippen LogP contribution in [0.15, 0.2) is 40.5 Å². The number of nitrogens with zero attached hydrogens (tertiary/aromatic N) is 4. The summed E-state index contributed by atoms with van der Waals surface area (Å²) in [5, 5.41) is 2.06. The summed E-state index contributed by atoms with van der Waals surface area (Å²) in [4.78, 5) is 12.5. The zero-order valence-electron chi connectivity index (χ0n) is 13.9. The number of oxazole rings is 1. The number of hydrogen-bond donors (Lipinski definition) is 0. The zero-order valence-corrected chi connectivity index (χ0v) is 14.7. The molecule has 0 aliphatic carbocycles. The normalized spacial score (nSPS) is 19.0. The van der Waals surface area contributed by atoms with Crippen LogP contribution in [0.3, 0.4) is 0 Å². The molecule has 0 aromatic carbocycles. The third-order valence-corrected chi connectivity index (χ3v) is 5.56. The molecular formula is C18H22N4OS. The Morgan fingerprint density at radius 2 is 2.33 bits per heavy atom. The van der Waals surface area contributed by atoms with Crippen molar-refractivity contribution in [2.24, 2.45) is 13.0 Å². The fourth-order valence-corrected chi connectivity index (χ4v) is 4.09. The van der Waals surface area contributed by atoms with Crippen molar-refractivity contribution in [3.05, 3.63) is 47.8 Å². The van der Waals surface area contributed by atoms with Gasteiger partial charge in [0.05, 0.1) is 17.6 Å². The number of imidazole rings is 1. The first-order chi connectivity index (χ1) is 11.8. The highest BCUT2D eigenvalue weighted by atomic mass is 32.1. The molecule has 1 aliphatic heterocycles. The predicted octanol–water partition coefficient (Wildman–Crippen LogP) is 3.59. The Bertz CT molecular complexity index is 777. The predicted molar refractivity (Wildman–Crippen MR) is 94.7 cm³/mol. The van der Waals surface area contributed by atoms with Gasteiger partial charge in [-0.05, 0) is 36.8 Å². The molecule has 6 heteroatoms. The molecule has 1 saturated heterocycles. The van der Waals surface area contributed by atoms with Crippen LogP contribution >= 0.6 is 11.3 Å². The molecule has 3 aromatic rings. The van der Waals surface area contributed by atoms with Crippen molar-refractivity contribution in [2.75, 3.05) is 13.1 Å². The van der Waals surface area contributed by atoms with Crippen LogP contribution in [0.1, 0.15) is 24.6 Å². The summed E-state index contributed by atoms with van der Waals surface area (Å²) >= 11 is 1.68. The molecule has 3 aromatic heterocycles. The minimum absolute atomic E-state index is 0.659. The van der Waals surface area contributed by atoms with Gasteiger partial charge in [-0.25, -0.2) is 9.97 Å². The van der Waals surface area contributed by atoms with Crippen molar-refractivity contribution in [1.82, 2.24) is 19.4 Å². The quantitative estimate of drug-likeness (QED) is 0.711. The molecule has 1 atom stereocenters. The Labute approximate surface area is 146 Å². The Kier molecular flexibility index (Phi) is 4.49. The molecule has 24 heavy (non-hydrogen) atoms. The number of rotatable bonds is 5. The van der Waals surface area contributed by atoms with Crippen molar-refractivity contribution < 1.29 is 4.42 Å². The molecule has 0 spiro atoms. The molecule has 4 rings (SSSR count). The smallest absolute Gasteiger partial charge is 0.209 e. The second-order valence-electron chi connectivity index (χ2n) is 6.50. The van der Waals surface area contributed by atoms with Gasteiger partial charge in [0.1, 0.15) is 5.82 Å². The average Bonchev–Trinajstić information content (AvgIpc) is 3.31. The van der Waals surface area contributed by atoms with E-state index in [2.05, 4.69) is 37.9 Å². The highest BCUT2D eigenvalue weighted by Gasteiger charge is 2.22. The second-order valence-corrected chi connectivity index (χ2v) is 7.45. The van der Waals surface area contributed by atoms with Crippen molar-refractivity contribution in [1.29, 1.82) is 0 Å². The third kappa shape index (κ3) is 3.44. The molecule has 4 heterocycles. The van der Waals surface area contributed by atoms with Crippen LogP contribution in [0.25, 0.3) is 10.6 Å². The van der Waals surface area contributed by atoms with E-state index in [1.54, 1.807) is 11.3 Å². The summed E-state index contributed by atoms with van der Waals surface area (Å²) in [6.07, 6.45) is 9.30. The maximum atomic E-state index is 5.93. The SMILES string of the molecule is Cn1ccnc1C[C@@H]1CCCN(Cc2ncc(-c3cccs3)o2)C1. The lowest BCUT2D eigenvalue weighted by Gasteiger charge is -2.31. The van der Waals surface area contributed by atoms with Gasteiger partial charge in [0.15, 0.2) is 5.76 Å². The van der Waals surface area contributed by atoms with Crippen LogP contribution in [0.2, 0.25) is 0 Å². The molecule has 5 nitrogen and oxygen atoms in total. The van der Waals surface area contributed by atoms with Crippen LogP contribution in [0.4, 0.5) is 0 Å². The van der Waals surface area contributed by atoms with E-state index in [1.165, 1.54) is 18.7 Å². The molecule has 0 radical (unpaired) electrons. The lowest BCUT2D eigenvalue weighted by molar-refractivity contribution is 0.153. The van der Waals surface area contributed by atoms with E-state index in [0.717, 1.165) is 42.6 Å². The van der Waals surface area contributed by atoms with E-state index in [9.17, 15) is 0 Å². The topological polar surface area (TPSA) is 47.1 Å². The molecule has 0 amide bonds. The molecule has 0 N–H and O–H groups in total. The Hall–Kier alpha value is -1.92. The molecule has 0 unspecified atom stereocenters. The van der Waals surface area contributed by atoms with Crippen LogP contribution in [-0.2, 0) is 20.0 Å². The maximum absolute atomic E-state index is 5.93. The van der Waals surface area contributed by atoms with Gasteiger partial charge in [-0.15, -0.1) is 11.3 Å². The van der Waals surface area contributed by atoms with Gasteiger partial charge in [0, 0.05) is 32.4 Å². The first-order valence-electron chi connectivity index (χ1n) is 8.45. The van der Waals surface area contributed by atoms with Crippen LogP contribution in [-0.4, -0.2) is 32.5 Å². The van der Waals surface area contributed by atoms with E-state index < -0.39 is 0 Å². The third-order valence-electron chi connectivity index (χ3n) is 4.67. The van der Waals surface area contributed by atoms with Gasteiger partial charge < -0.3 is 8.98 Å². The van der Waals surface area contributed by atoms with E-state index >= 15 is 0 Å². The molecule has 0 saturated carbocycles. The zero-order chi connectivity index (χ0) is 16.4. The Morgan fingerprint density at radius 1 is 1.38 bits per heavy atom. The summed E-state index contributed by atoms with van der Waals surface area (Å²) in [6.45, 7) is 3.00. The number of likely N-dealkylation sites (tertiary alicyclic amines) is 1. The van der Waals surface area contributed by atoms with E-state index in [4.69, 9.17) is 4.42 Å². The van der Waals surface area contributed by atoms with Gasteiger partial charge in [-0.2, -0.15) is 0 Å². The van der Waals surface area contributed by atoms with E-state index in [-0.39, 0.29) is 0 Å². The fourth-order valence-electron chi connectivity index (χ4n) is 3.42. The number of aryl methyl sites for hydroxylation is 1. The largest absolute Gasteiger partial charge is 0.438 e. The van der Waals surface area contributed by atoms with E-state index in [1.807, 2.05) is 24.7 Å². The molecule has 1 aliphatic rings. The van der Waals surface area contributed by atoms with Gasteiger partial charge in [-0.1, -0.05) is 6.07 Å². The van der Waals surface area contributed by atoms with Crippen molar-refractivity contribution in [3.63, 3.8) is 0 Å². The lowest BCUT2D eigenvalue weighted by Crippen LogP contribution is -2.36. The summed E-state index contributed by atoms with van der Waals surface area (Å²) in [5.41, 5.74) is 0. The average molecular weight is 342 g/mol. The van der Waals surface area contributed by atoms with Crippen molar-refractivity contribution in [2.45, 2.75) is 25.8 Å². The van der Waals surface area contributed by atoms with E-state index in [0.29, 0.717) is 5.92 Å².